The number of hydrogen-bond donors (Lipinski definition) is 0. The highest BCUT2D eigenvalue weighted by atomic mass is 16.5. The van der Waals surface area contributed by atoms with Crippen LogP contribution in [0.25, 0.3) is 72.2 Å². The van der Waals surface area contributed by atoms with E-state index < -0.39 is 0 Å². The van der Waals surface area contributed by atoms with Crippen LogP contribution in [-0.4, -0.2) is 9.13 Å². The molecular weight excluding hydrogens is 647 g/mol. The van der Waals surface area contributed by atoms with Gasteiger partial charge in [0.15, 0.2) is 0 Å². The molecule has 0 saturated heterocycles. The molecule has 10 aromatic rings. The van der Waals surface area contributed by atoms with Crippen molar-refractivity contribution >= 4 is 32.8 Å². The highest BCUT2D eigenvalue weighted by Crippen LogP contribution is 2.36. The summed E-state index contributed by atoms with van der Waals surface area (Å²) in [4.78, 5) is 0. The third-order valence-electron chi connectivity index (χ3n) is 9.92. The van der Waals surface area contributed by atoms with Crippen LogP contribution in [0.1, 0.15) is 0 Å². The zero-order valence-corrected chi connectivity index (χ0v) is 28.8. The van der Waals surface area contributed by atoms with E-state index in [1.54, 1.807) is 0 Å². The van der Waals surface area contributed by atoms with Crippen molar-refractivity contribution in [2.45, 2.75) is 0 Å². The summed E-state index contributed by atoms with van der Waals surface area (Å²) in [5, 5.41) is 2.41. The first-order valence-corrected chi connectivity index (χ1v) is 17.8. The molecule has 8 aromatic carbocycles. The van der Waals surface area contributed by atoms with Crippen LogP contribution in [0.2, 0.25) is 0 Å². The van der Waals surface area contributed by atoms with Crippen molar-refractivity contribution in [3.05, 3.63) is 207 Å². The Kier molecular flexibility index (Phi) is 7.43. The van der Waals surface area contributed by atoms with Gasteiger partial charge >= 0.3 is 0 Å². The number of rotatable bonds is 7. The van der Waals surface area contributed by atoms with Crippen molar-refractivity contribution in [3.8, 4) is 50.8 Å². The number of para-hydroxylation sites is 4. The van der Waals surface area contributed by atoms with Crippen molar-refractivity contribution in [3.63, 3.8) is 0 Å². The van der Waals surface area contributed by atoms with Gasteiger partial charge in [-0.25, -0.2) is 0 Å². The van der Waals surface area contributed by atoms with E-state index in [1.807, 2.05) is 12.1 Å². The first kappa shape index (κ1) is 30.6. The van der Waals surface area contributed by atoms with E-state index >= 15 is 0 Å². The molecule has 250 valence electrons. The summed E-state index contributed by atoms with van der Waals surface area (Å²) >= 11 is 0. The molecule has 2 heterocycles. The Labute approximate surface area is 307 Å². The highest BCUT2D eigenvalue weighted by molar-refractivity contribution is 6.09. The molecule has 0 saturated carbocycles. The Bertz CT molecular complexity index is 2850. The van der Waals surface area contributed by atoms with E-state index in [2.05, 4.69) is 208 Å². The Morgan fingerprint density at radius 1 is 0.396 bits per heavy atom. The van der Waals surface area contributed by atoms with Gasteiger partial charge in [-0.1, -0.05) is 127 Å². The van der Waals surface area contributed by atoms with Gasteiger partial charge < -0.3 is 9.30 Å². The minimum Gasteiger partial charge on any atom is -0.458 e. The average Bonchev–Trinajstić information content (AvgIpc) is 3.78. The lowest BCUT2D eigenvalue weighted by molar-refractivity contribution is -0.572. The lowest BCUT2D eigenvalue weighted by Crippen LogP contribution is -2.29. The maximum Gasteiger partial charge on any atom is 0.269 e. The fourth-order valence-corrected chi connectivity index (χ4v) is 7.47. The van der Waals surface area contributed by atoms with E-state index in [9.17, 15) is 0 Å². The molecule has 0 unspecified atom stereocenters. The Balaban J connectivity index is 1.06. The van der Waals surface area contributed by atoms with Crippen LogP contribution in [0.15, 0.2) is 200 Å². The predicted octanol–water partition coefficient (Wildman–Crippen LogP) is 11.9. The fraction of sp³-hybridized carbons (Fsp3) is 0. The van der Waals surface area contributed by atoms with Crippen LogP contribution in [0.4, 0.5) is 0 Å². The number of imidazole rings is 1. The monoisotopic (exact) mass is 679 g/mol. The van der Waals surface area contributed by atoms with Crippen LogP contribution < -0.4 is 9.30 Å². The lowest BCUT2D eigenvalue weighted by Gasteiger charge is -2.12. The normalized spacial score (nSPS) is 11.4. The lowest BCUT2D eigenvalue weighted by atomic mass is 9.98. The molecule has 0 aliphatic carbocycles. The molecule has 0 amide bonds. The zero-order valence-electron chi connectivity index (χ0n) is 28.8. The summed E-state index contributed by atoms with van der Waals surface area (Å²) < 4.78 is 13.2. The fourth-order valence-electron chi connectivity index (χ4n) is 7.47. The van der Waals surface area contributed by atoms with Crippen molar-refractivity contribution in [1.29, 1.82) is 0 Å². The van der Waals surface area contributed by atoms with Gasteiger partial charge in [-0.3, -0.25) is 9.13 Å². The second-order valence-corrected chi connectivity index (χ2v) is 13.2. The Morgan fingerprint density at radius 3 is 1.72 bits per heavy atom. The maximum atomic E-state index is 6.62. The van der Waals surface area contributed by atoms with Gasteiger partial charge in [0.2, 0.25) is 0 Å². The number of nitrogens with zero attached hydrogens (tertiary/aromatic N) is 3. The zero-order chi connectivity index (χ0) is 35.1. The third kappa shape index (κ3) is 5.54. The number of aromatic nitrogens is 3. The van der Waals surface area contributed by atoms with E-state index in [4.69, 9.17) is 4.74 Å². The molecule has 53 heavy (non-hydrogen) atoms. The summed E-state index contributed by atoms with van der Waals surface area (Å²) in [5.41, 5.74) is 12.1. The number of fused-ring (bicyclic) bond motifs is 4. The van der Waals surface area contributed by atoms with E-state index in [-0.39, 0.29) is 0 Å². The summed E-state index contributed by atoms with van der Waals surface area (Å²) in [6, 6.07) is 70.0. The topological polar surface area (TPSA) is 23.0 Å². The molecule has 2 aromatic heterocycles. The van der Waals surface area contributed by atoms with Crippen LogP contribution in [0.3, 0.4) is 0 Å². The van der Waals surface area contributed by atoms with Crippen molar-refractivity contribution in [1.82, 2.24) is 9.13 Å². The van der Waals surface area contributed by atoms with Crippen molar-refractivity contribution in [2.75, 3.05) is 0 Å². The van der Waals surface area contributed by atoms with Crippen LogP contribution in [0.5, 0.6) is 11.5 Å². The number of benzene rings is 8. The summed E-state index contributed by atoms with van der Waals surface area (Å²) in [6.45, 7) is 0. The quantitative estimate of drug-likeness (QED) is 0.121. The van der Waals surface area contributed by atoms with Crippen molar-refractivity contribution in [2.24, 2.45) is 0 Å². The first-order valence-electron chi connectivity index (χ1n) is 17.8. The first-order chi connectivity index (χ1) is 26.3. The van der Waals surface area contributed by atoms with Crippen LogP contribution in [0, 0.1) is 6.33 Å². The molecule has 0 aliphatic rings. The molecule has 4 nitrogen and oxygen atoms in total. The van der Waals surface area contributed by atoms with Crippen LogP contribution >= 0.6 is 0 Å². The molecule has 4 heteroatoms. The predicted molar refractivity (Wildman–Crippen MR) is 215 cm³/mol. The van der Waals surface area contributed by atoms with Gasteiger partial charge in [-0.15, -0.1) is 0 Å². The van der Waals surface area contributed by atoms with Gasteiger partial charge in [0.25, 0.3) is 6.33 Å². The van der Waals surface area contributed by atoms with E-state index in [1.165, 1.54) is 27.4 Å². The largest absolute Gasteiger partial charge is 0.458 e. The summed E-state index contributed by atoms with van der Waals surface area (Å²) in [5.74, 6) is 1.52. The van der Waals surface area contributed by atoms with Gasteiger partial charge in [0.1, 0.15) is 11.5 Å². The third-order valence-corrected chi connectivity index (χ3v) is 9.92. The SMILES string of the molecule is [c-]1n(-c2cccc(Oc3ccc4c5ccccc5n(-c5ccccc5)c4c3)c2)c2ccccc2[n+]1-c1cc(-c2ccccc2)cc(-c2ccccc2)c1. The number of hydrogen-bond acceptors (Lipinski definition) is 1. The molecule has 0 aliphatic heterocycles. The second-order valence-electron chi connectivity index (χ2n) is 13.2. The van der Waals surface area contributed by atoms with Gasteiger partial charge in [-0.05, 0) is 89.0 Å². The molecule has 10 rings (SSSR count). The van der Waals surface area contributed by atoms with Gasteiger partial charge in [-0.2, -0.15) is 0 Å². The molecule has 0 atom stereocenters. The van der Waals surface area contributed by atoms with Crippen LogP contribution in [-0.2, 0) is 0 Å². The molecule has 0 bridgehead atoms. The molecule has 0 radical (unpaired) electrons. The Morgan fingerprint density at radius 2 is 0.981 bits per heavy atom. The van der Waals surface area contributed by atoms with Gasteiger partial charge in [0.05, 0.1) is 33.4 Å². The van der Waals surface area contributed by atoms with Crippen molar-refractivity contribution < 1.29 is 9.30 Å². The smallest absolute Gasteiger partial charge is 0.269 e. The molecular formula is C49H33N3O. The standard InChI is InChI=1S/C49H33N3O/c1-4-15-35(16-5-1)37-29-38(36-17-6-2-7-18-36)31-41(30-37)51-34-50(47-25-12-13-26-48(47)51)40-21-14-22-42(32-40)53-43-27-28-45-44-23-10-11-24-46(44)52(49(45)33-43)39-19-8-3-9-20-39/h1-33H. The highest BCUT2D eigenvalue weighted by Gasteiger charge is 2.16. The van der Waals surface area contributed by atoms with E-state index in [0.29, 0.717) is 0 Å². The minimum atomic E-state index is 0.749. The summed E-state index contributed by atoms with van der Waals surface area (Å²) in [7, 11) is 0. The second kappa shape index (κ2) is 12.9. The maximum absolute atomic E-state index is 6.62. The Hall–Kier alpha value is -7.17. The number of ether oxygens (including phenoxy) is 1. The minimum absolute atomic E-state index is 0.749. The molecule has 0 spiro atoms. The summed E-state index contributed by atoms with van der Waals surface area (Å²) in [6.07, 6.45) is 3.71. The van der Waals surface area contributed by atoms with E-state index in [0.717, 1.165) is 56.2 Å². The molecule has 0 fully saturated rings. The molecule has 0 N–H and O–H groups in total. The van der Waals surface area contributed by atoms with Gasteiger partial charge in [0, 0.05) is 22.5 Å². The average molecular weight is 680 g/mol.